The molecule has 2 N–H and O–H groups in total. The van der Waals surface area contributed by atoms with Gasteiger partial charge < -0.3 is 15.1 Å². The first-order chi connectivity index (χ1) is 7.11. The highest BCUT2D eigenvalue weighted by molar-refractivity contribution is 6.43. The summed E-state index contributed by atoms with van der Waals surface area (Å²) in [6.45, 7) is 2.14. The highest BCUT2D eigenvalue weighted by Gasteiger charge is 2.15. The Morgan fingerprint density at radius 1 is 1.53 bits per heavy atom. The number of halogens is 2. The SMILES string of the molecule is CCOc1cc(Cl)c(Cl)c(/C=N\O)c1O. The van der Waals surface area contributed by atoms with Crippen LogP contribution < -0.4 is 4.74 Å². The van der Waals surface area contributed by atoms with Crippen LogP contribution in [0, 0.1) is 0 Å². The first-order valence-corrected chi connectivity index (χ1v) is 4.88. The first kappa shape index (κ1) is 11.9. The van der Waals surface area contributed by atoms with Crippen LogP contribution >= 0.6 is 23.2 Å². The minimum Gasteiger partial charge on any atom is -0.504 e. The molecule has 1 rings (SSSR count). The third-order valence-corrected chi connectivity index (χ3v) is 2.48. The highest BCUT2D eigenvalue weighted by atomic mass is 35.5. The van der Waals surface area contributed by atoms with Gasteiger partial charge in [-0.05, 0) is 6.92 Å². The molecule has 0 radical (unpaired) electrons. The van der Waals surface area contributed by atoms with Gasteiger partial charge in [-0.2, -0.15) is 0 Å². The molecule has 0 fully saturated rings. The van der Waals surface area contributed by atoms with Crippen LogP contribution in [0.3, 0.4) is 0 Å². The van der Waals surface area contributed by atoms with Gasteiger partial charge in [0.05, 0.1) is 28.4 Å². The predicted octanol–water partition coefficient (Wildman–Crippen LogP) is 2.91. The molecule has 0 spiro atoms. The van der Waals surface area contributed by atoms with E-state index >= 15 is 0 Å². The fraction of sp³-hybridized carbons (Fsp3) is 0.222. The van der Waals surface area contributed by atoms with Gasteiger partial charge in [0.2, 0.25) is 0 Å². The van der Waals surface area contributed by atoms with Crippen molar-refractivity contribution < 1.29 is 15.1 Å². The Bertz CT molecular complexity index is 393. The lowest BCUT2D eigenvalue weighted by Gasteiger charge is -2.10. The van der Waals surface area contributed by atoms with Crippen molar-refractivity contribution in [1.29, 1.82) is 0 Å². The van der Waals surface area contributed by atoms with Crippen LogP contribution in [0.1, 0.15) is 12.5 Å². The zero-order valence-electron chi connectivity index (χ0n) is 7.87. The van der Waals surface area contributed by atoms with Gasteiger partial charge in [0, 0.05) is 6.07 Å². The zero-order valence-corrected chi connectivity index (χ0v) is 9.38. The molecule has 0 unspecified atom stereocenters. The van der Waals surface area contributed by atoms with E-state index in [9.17, 15) is 5.11 Å². The molecule has 1 aromatic rings. The number of benzene rings is 1. The summed E-state index contributed by atoms with van der Waals surface area (Å²) in [6, 6.07) is 1.40. The van der Waals surface area contributed by atoms with E-state index in [2.05, 4.69) is 5.16 Å². The van der Waals surface area contributed by atoms with E-state index in [0.717, 1.165) is 6.21 Å². The lowest BCUT2D eigenvalue weighted by atomic mass is 10.2. The molecule has 0 atom stereocenters. The quantitative estimate of drug-likeness (QED) is 0.492. The maximum atomic E-state index is 9.69. The number of hydrogen-bond donors (Lipinski definition) is 2. The molecule has 0 aliphatic heterocycles. The molecule has 0 aromatic heterocycles. The van der Waals surface area contributed by atoms with Crippen molar-refractivity contribution in [2.24, 2.45) is 5.16 Å². The third-order valence-electron chi connectivity index (χ3n) is 1.68. The van der Waals surface area contributed by atoms with Crippen molar-refractivity contribution in [2.75, 3.05) is 6.61 Å². The lowest BCUT2D eigenvalue weighted by Crippen LogP contribution is -1.95. The van der Waals surface area contributed by atoms with Crippen LogP contribution in [0.25, 0.3) is 0 Å². The Morgan fingerprint density at radius 2 is 2.20 bits per heavy atom. The summed E-state index contributed by atoms with van der Waals surface area (Å²) in [5, 5.41) is 21.2. The van der Waals surface area contributed by atoms with E-state index in [4.69, 9.17) is 33.1 Å². The van der Waals surface area contributed by atoms with Crippen molar-refractivity contribution in [1.82, 2.24) is 0 Å². The number of rotatable bonds is 3. The van der Waals surface area contributed by atoms with Gasteiger partial charge in [0.25, 0.3) is 0 Å². The van der Waals surface area contributed by atoms with E-state index in [-0.39, 0.29) is 27.1 Å². The van der Waals surface area contributed by atoms with E-state index in [1.54, 1.807) is 6.92 Å². The van der Waals surface area contributed by atoms with Crippen LogP contribution in [0.4, 0.5) is 0 Å². The highest BCUT2D eigenvalue weighted by Crippen LogP contribution is 2.39. The molecule has 15 heavy (non-hydrogen) atoms. The monoisotopic (exact) mass is 249 g/mol. The average Bonchev–Trinajstić information content (AvgIpc) is 2.21. The Labute approximate surface area is 96.7 Å². The second-order valence-electron chi connectivity index (χ2n) is 2.61. The van der Waals surface area contributed by atoms with Crippen molar-refractivity contribution in [2.45, 2.75) is 6.92 Å². The average molecular weight is 250 g/mol. The molecular weight excluding hydrogens is 241 g/mol. The number of nitrogens with zero attached hydrogens (tertiary/aromatic N) is 1. The molecular formula is C9H9Cl2NO3. The van der Waals surface area contributed by atoms with Gasteiger partial charge in [0.1, 0.15) is 0 Å². The Balaban J connectivity index is 3.34. The zero-order chi connectivity index (χ0) is 11.4. The number of hydrogen-bond acceptors (Lipinski definition) is 4. The Hall–Kier alpha value is -1.13. The summed E-state index contributed by atoms with van der Waals surface area (Å²) < 4.78 is 5.12. The molecule has 1 aromatic carbocycles. The van der Waals surface area contributed by atoms with Crippen LogP contribution in [-0.4, -0.2) is 23.1 Å². The number of oxime groups is 1. The second-order valence-corrected chi connectivity index (χ2v) is 3.40. The number of phenols is 1. The fourth-order valence-corrected chi connectivity index (χ4v) is 1.45. The molecule has 6 heteroatoms. The topological polar surface area (TPSA) is 62.0 Å². The van der Waals surface area contributed by atoms with Gasteiger partial charge in [-0.25, -0.2) is 0 Å². The first-order valence-electron chi connectivity index (χ1n) is 4.13. The minimum atomic E-state index is -0.205. The smallest absolute Gasteiger partial charge is 0.168 e. The van der Waals surface area contributed by atoms with Gasteiger partial charge >= 0.3 is 0 Å². The van der Waals surface area contributed by atoms with Gasteiger partial charge in [-0.3, -0.25) is 0 Å². The van der Waals surface area contributed by atoms with Crippen molar-refractivity contribution in [3.05, 3.63) is 21.7 Å². The van der Waals surface area contributed by atoms with Gasteiger partial charge in [-0.1, -0.05) is 28.4 Å². The van der Waals surface area contributed by atoms with Gasteiger partial charge in [0.15, 0.2) is 11.5 Å². The summed E-state index contributed by atoms with van der Waals surface area (Å²) in [4.78, 5) is 0. The molecule has 82 valence electrons. The van der Waals surface area contributed by atoms with Crippen LogP contribution in [0.5, 0.6) is 11.5 Å². The maximum Gasteiger partial charge on any atom is 0.168 e. The third kappa shape index (κ3) is 2.46. The lowest BCUT2D eigenvalue weighted by molar-refractivity contribution is 0.316. The Kier molecular flexibility index (Phi) is 4.05. The summed E-state index contributed by atoms with van der Waals surface area (Å²) in [5.41, 5.74) is 0.120. The van der Waals surface area contributed by atoms with Gasteiger partial charge in [-0.15, -0.1) is 0 Å². The second kappa shape index (κ2) is 5.09. The van der Waals surface area contributed by atoms with Crippen LogP contribution in [0.15, 0.2) is 11.2 Å². The van der Waals surface area contributed by atoms with Crippen molar-refractivity contribution >= 4 is 29.4 Å². The fourth-order valence-electron chi connectivity index (χ4n) is 1.05. The molecule has 4 nitrogen and oxygen atoms in total. The molecule has 0 aliphatic carbocycles. The number of aromatic hydroxyl groups is 1. The number of ether oxygens (including phenoxy) is 1. The molecule has 0 heterocycles. The molecule has 0 aliphatic rings. The predicted molar refractivity (Wildman–Crippen MR) is 58.7 cm³/mol. The summed E-state index contributed by atoms with van der Waals surface area (Å²) in [7, 11) is 0. The van der Waals surface area contributed by atoms with E-state index in [0.29, 0.717) is 6.61 Å². The standard InChI is InChI=1S/C9H9Cl2NO3/c1-2-15-7-3-6(10)8(11)5(4-12-14)9(7)13/h3-4,13-14H,2H2,1H3/b12-4-. The molecule has 0 amide bonds. The van der Waals surface area contributed by atoms with Crippen LogP contribution in [0.2, 0.25) is 10.0 Å². The van der Waals surface area contributed by atoms with E-state index in [1.807, 2.05) is 0 Å². The molecule has 0 bridgehead atoms. The van der Waals surface area contributed by atoms with Crippen molar-refractivity contribution in [3.63, 3.8) is 0 Å². The largest absolute Gasteiger partial charge is 0.504 e. The van der Waals surface area contributed by atoms with Crippen LogP contribution in [-0.2, 0) is 0 Å². The molecule has 0 saturated carbocycles. The summed E-state index contributed by atoms with van der Waals surface area (Å²) in [6.07, 6.45) is 0.992. The maximum absolute atomic E-state index is 9.69. The van der Waals surface area contributed by atoms with Crippen molar-refractivity contribution in [3.8, 4) is 11.5 Å². The number of phenolic OH excluding ortho intramolecular Hbond substituents is 1. The normalized spacial score (nSPS) is 10.9. The molecule has 0 saturated heterocycles. The van der Waals surface area contributed by atoms with E-state index in [1.165, 1.54) is 6.07 Å². The van der Waals surface area contributed by atoms with E-state index < -0.39 is 0 Å². The Morgan fingerprint density at radius 3 is 2.73 bits per heavy atom. The summed E-state index contributed by atoms with van der Waals surface area (Å²) >= 11 is 11.6. The minimum absolute atomic E-state index is 0.107. The summed E-state index contributed by atoms with van der Waals surface area (Å²) in [5.74, 6) is -0.00847.